The van der Waals surface area contributed by atoms with Gasteiger partial charge in [0.2, 0.25) is 0 Å². The molecule has 0 heterocycles. The Kier molecular flexibility index (Phi) is 5.64. The molecule has 4 aromatic carbocycles. The maximum absolute atomic E-state index is 11.0. The highest BCUT2D eigenvalue weighted by Gasteiger charge is 2.29. The summed E-state index contributed by atoms with van der Waals surface area (Å²) in [5.74, 6) is 0.344. The average molecular weight is 382 g/mol. The van der Waals surface area contributed by atoms with E-state index in [4.69, 9.17) is 0 Å². The van der Waals surface area contributed by atoms with Crippen LogP contribution in [0.5, 0.6) is 5.75 Å². The second-order valence-corrected chi connectivity index (χ2v) is 7.45. The van der Waals surface area contributed by atoms with Gasteiger partial charge in [-0.1, -0.05) is 97.9 Å². The maximum atomic E-state index is 11.0. The Morgan fingerprint density at radius 1 is 0.724 bits per heavy atom. The van der Waals surface area contributed by atoms with Crippen LogP contribution in [-0.2, 0) is 0 Å². The first-order valence-electron chi connectivity index (χ1n) is 10.3. The van der Waals surface area contributed by atoms with Crippen LogP contribution in [0.1, 0.15) is 42.6 Å². The molecule has 0 saturated heterocycles. The number of benzene rings is 4. The Bertz CT molecular complexity index is 1080. The standard InChI is InChI=1S/C27H27NO/c1-3-28(20(2)21-12-6-4-7-13-21)27(23-15-8-5-9-16-23)26-24-17-11-10-14-22(24)18-19-25(26)29/h4-20,27,29H,3H2,1-2H3/t20-,27-/m1/s1. The molecule has 2 heteroatoms. The molecule has 0 aliphatic heterocycles. The predicted octanol–water partition coefficient (Wildman–Crippen LogP) is 6.72. The number of rotatable bonds is 6. The molecule has 0 unspecified atom stereocenters. The number of nitrogens with zero attached hydrogens (tertiary/aromatic N) is 1. The summed E-state index contributed by atoms with van der Waals surface area (Å²) in [4.78, 5) is 2.46. The van der Waals surface area contributed by atoms with Gasteiger partial charge in [0.25, 0.3) is 0 Å². The number of hydrogen-bond donors (Lipinski definition) is 1. The minimum atomic E-state index is -0.0532. The number of fused-ring (bicyclic) bond motifs is 1. The number of phenolic OH excluding ortho intramolecular Hbond substituents is 1. The molecule has 146 valence electrons. The minimum Gasteiger partial charge on any atom is -0.508 e. The number of phenols is 1. The predicted molar refractivity (Wildman–Crippen MR) is 121 cm³/mol. The van der Waals surface area contributed by atoms with Crippen LogP contribution in [0, 0.1) is 0 Å². The van der Waals surface area contributed by atoms with Crippen LogP contribution in [0.15, 0.2) is 97.1 Å². The van der Waals surface area contributed by atoms with E-state index < -0.39 is 0 Å². The molecule has 0 spiro atoms. The first-order chi connectivity index (χ1) is 14.2. The van der Waals surface area contributed by atoms with Crippen LogP contribution in [0.25, 0.3) is 10.8 Å². The van der Waals surface area contributed by atoms with Gasteiger partial charge in [0.1, 0.15) is 5.75 Å². The Morgan fingerprint density at radius 2 is 1.31 bits per heavy atom. The van der Waals surface area contributed by atoms with Crippen LogP contribution in [0.4, 0.5) is 0 Å². The molecule has 0 aromatic heterocycles. The number of hydrogen-bond acceptors (Lipinski definition) is 2. The summed E-state index contributed by atoms with van der Waals surface area (Å²) < 4.78 is 0. The lowest BCUT2D eigenvalue weighted by molar-refractivity contribution is 0.175. The van der Waals surface area contributed by atoms with Crippen molar-refractivity contribution in [2.45, 2.75) is 25.9 Å². The second-order valence-electron chi connectivity index (χ2n) is 7.45. The van der Waals surface area contributed by atoms with E-state index in [0.29, 0.717) is 5.75 Å². The van der Waals surface area contributed by atoms with E-state index in [9.17, 15) is 5.11 Å². The summed E-state index contributed by atoms with van der Waals surface area (Å²) >= 11 is 0. The molecule has 0 amide bonds. The summed E-state index contributed by atoms with van der Waals surface area (Å²) in [6.45, 7) is 5.30. The van der Waals surface area contributed by atoms with E-state index >= 15 is 0 Å². The Hall–Kier alpha value is -3.10. The van der Waals surface area contributed by atoms with E-state index in [1.165, 1.54) is 11.1 Å². The van der Waals surface area contributed by atoms with Crippen LogP contribution in [0.3, 0.4) is 0 Å². The van der Waals surface area contributed by atoms with Crippen molar-refractivity contribution < 1.29 is 5.11 Å². The quantitative estimate of drug-likeness (QED) is 0.401. The van der Waals surface area contributed by atoms with Crippen molar-refractivity contribution in [3.8, 4) is 5.75 Å². The van der Waals surface area contributed by atoms with Crippen molar-refractivity contribution in [2.24, 2.45) is 0 Å². The summed E-state index contributed by atoms with van der Waals surface area (Å²) in [5.41, 5.74) is 3.43. The van der Waals surface area contributed by atoms with Crippen molar-refractivity contribution in [2.75, 3.05) is 6.54 Å². The zero-order valence-electron chi connectivity index (χ0n) is 17.0. The van der Waals surface area contributed by atoms with Gasteiger partial charge in [-0.3, -0.25) is 4.90 Å². The van der Waals surface area contributed by atoms with Gasteiger partial charge < -0.3 is 5.11 Å². The summed E-state index contributed by atoms with van der Waals surface area (Å²) in [7, 11) is 0. The highest BCUT2D eigenvalue weighted by Crippen LogP contribution is 2.42. The molecule has 0 aliphatic carbocycles. The molecule has 29 heavy (non-hydrogen) atoms. The van der Waals surface area contributed by atoms with E-state index in [0.717, 1.165) is 22.9 Å². The van der Waals surface area contributed by atoms with Crippen LogP contribution >= 0.6 is 0 Å². The van der Waals surface area contributed by atoms with Gasteiger partial charge in [-0.05, 0) is 41.4 Å². The van der Waals surface area contributed by atoms with Gasteiger partial charge >= 0.3 is 0 Å². The van der Waals surface area contributed by atoms with E-state index in [1.54, 1.807) is 0 Å². The lowest BCUT2D eigenvalue weighted by Crippen LogP contribution is -2.32. The molecule has 2 atom stereocenters. The lowest BCUT2D eigenvalue weighted by atomic mass is 9.90. The van der Waals surface area contributed by atoms with Crippen molar-refractivity contribution in [1.29, 1.82) is 0 Å². The third kappa shape index (κ3) is 3.76. The molecule has 0 radical (unpaired) electrons. The van der Waals surface area contributed by atoms with Crippen molar-refractivity contribution in [3.63, 3.8) is 0 Å². The fourth-order valence-corrected chi connectivity index (χ4v) is 4.33. The molecule has 0 bridgehead atoms. The monoisotopic (exact) mass is 381 g/mol. The van der Waals surface area contributed by atoms with Gasteiger partial charge in [0.05, 0.1) is 6.04 Å². The third-order valence-electron chi connectivity index (χ3n) is 5.81. The van der Waals surface area contributed by atoms with Crippen molar-refractivity contribution >= 4 is 10.8 Å². The molecule has 0 saturated carbocycles. The molecule has 0 fully saturated rings. The highest BCUT2D eigenvalue weighted by atomic mass is 16.3. The molecule has 1 N–H and O–H groups in total. The Morgan fingerprint density at radius 3 is 1.97 bits per heavy atom. The van der Waals surface area contributed by atoms with Gasteiger partial charge in [-0.2, -0.15) is 0 Å². The summed E-state index contributed by atoms with van der Waals surface area (Å²) in [6, 6.07) is 33.4. The molecule has 2 nitrogen and oxygen atoms in total. The van der Waals surface area contributed by atoms with Gasteiger partial charge in [0.15, 0.2) is 0 Å². The van der Waals surface area contributed by atoms with Crippen molar-refractivity contribution in [1.82, 2.24) is 4.90 Å². The van der Waals surface area contributed by atoms with Gasteiger partial charge in [-0.15, -0.1) is 0 Å². The molecular weight excluding hydrogens is 354 g/mol. The normalized spacial score (nSPS) is 13.5. The third-order valence-corrected chi connectivity index (χ3v) is 5.81. The Balaban J connectivity index is 1.93. The van der Waals surface area contributed by atoms with Crippen molar-refractivity contribution in [3.05, 3.63) is 114 Å². The maximum Gasteiger partial charge on any atom is 0.121 e. The zero-order valence-corrected chi connectivity index (χ0v) is 17.0. The first kappa shape index (κ1) is 19.2. The summed E-state index contributed by atoms with van der Waals surface area (Å²) in [5, 5.41) is 13.3. The van der Waals surface area contributed by atoms with E-state index in [-0.39, 0.29) is 12.1 Å². The second kappa shape index (κ2) is 8.50. The lowest BCUT2D eigenvalue weighted by Gasteiger charge is -2.37. The molecule has 4 rings (SSSR count). The fourth-order valence-electron chi connectivity index (χ4n) is 4.33. The smallest absolute Gasteiger partial charge is 0.121 e. The van der Waals surface area contributed by atoms with Crippen LogP contribution in [0.2, 0.25) is 0 Å². The summed E-state index contributed by atoms with van der Waals surface area (Å²) in [6.07, 6.45) is 0. The Labute approximate surface area is 173 Å². The molecular formula is C27H27NO. The largest absolute Gasteiger partial charge is 0.508 e. The highest BCUT2D eigenvalue weighted by molar-refractivity contribution is 5.88. The first-order valence-corrected chi connectivity index (χ1v) is 10.3. The fraction of sp³-hybridized carbons (Fsp3) is 0.185. The van der Waals surface area contributed by atoms with E-state index in [1.807, 2.05) is 30.3 Å². The van der Waals surface area contributed by atoms with Crippen LogP contribution in [-0.4, -0.2) is 16.6 Å². The molecule has 4 aromatic rings. The number of aromatic hydroxyl groups is 1. The SMILES string of the molecule is CCN([C@H](c1ccccc1)c1c(O)ccc2ccccc12)[C@H](C)c1ccccc1. The zero-order chi connectivity index (χ0) is 20.2. The minimum absolute atomic E-state index is 0.0532. The van der Waals surface area contributed by atoms with E-state index in [2.05, 4.69) is 85.5 Å². The van der Waals surface area contributed by atoms with Gasteiger partial charge in [-0.25, -0.2) is 0 Å². The topological polar surface area (TPSA) is 23.5 Å². The average Bonchev–Trinajstić information content (AvgIpc) is 2.79. The van der Waals surface area contributed by atoms with Crippen LogP contribution < -0.4 is 0 Å². The molecule has 0 aliphatic rings. The van der Waals surface area contributed by atoms with Gasteiger partial charge in [0, 0.05) is 11.6 Å².